The van der Waals surface area contributed by atoms with E-state index in [1.54, 1.807) is 22.3 Å². The number of unbranched alkanes of at least 4 members (excludes halogenated alkanes) is 1. The molecule has 0 bridgehead atoms. The van der Waals surface area contributed by atoms with Crippen molar-refractivity contribution in [3.63, 3.8) is 0 Å². The molecule has 5 atom stereocenters. The van der Waals surface area contributed by atoms with E-state index in [0.717, 1.165) is 0 Å². The van der Waals surface area contributed by atoms with Gasteiger partial charge in [0.15, 0.2) is 0 Å². The van der Waals surface area contributed by atoms with Crippen LogP contribution < -0.4 is 0 Å². The first-order valence-electron chi connectivity index (χ1n) is 14.4. The van der Waals surface area contributed by atoms with Gasteiger partial charge in [-0.3, -0.25) is 4.44 Å². The normalized spacial score (nSPS) is 25.4. The fourth-order valence-corrected chi connectivity index (χ4v) is 15.1. The average molecular weight is 536 g/mol. The van der Waals surface area contributed by atoms with E-state index in [9.17, 15) is 0 Å². The van der Waals surface area contributed by atoms with Gasteiger partial charge in [-0.15, -0.1) is 0 Å². The molecule has 0 radical (unpaired) electrons. The van der Waals surface area contributed by atoms with Crippen LogP contribution >= 0.6 is 16.1 Å². The zero-order chi connectivity index (χ0) is 25.7. The third-order valence-electron chi connectivity index (χ3n) is 8.42. The molecule has 2 unspecified atom stereocenters. The van der Waals surface area contributed by atoms with Crippen molar-refractivity contribution >= 4 is 16.1 Å². The summed E-state index contributed by atoms with van der Waals surface area (Å²) in [5, 5.41) is 0. The minimum Gasteiger partial charge on any atom is -0.258 e. The Kier molecular flexibility index (Phi) is 8.37. The highest BCUT2D eigenvalue weighted by molar-refractivity contribution is 7.72. The Hall–Kier alpha value is -2.30. The van der Waals surface area contributed by atoms with Gasteiger partial charge in [-0.1, -0.05) is 135 Å². The largest absolute Gasteiger partial charge is 0.258 e. The van der Waals surface area contributed by atoms with Crippen LogP contribution in [0.25, 0.3) is 0 Å². The molecular weight excluding hydrogens is 496 g/mol. The monoisotopic (exact) mass is 535 g/mol. The number of benzene rings is 4. The van der Waals surface area contributed by atoms with Crippen LogP contribution in [0.3, 0.4) is 0 Å². The van der Waals surface area contributed by atoms with Gasteiger partial charge in [0, 0.05) is 29.2 Å². The van der Waals surface area contributed by atoms with Gasteiger partial charge in [-0.25, -0.2) is 0 Å². The number of hydrogen-bond donors (Lipinski definition) is 0. The fourth-order valence-electron chi connectivity index (χ4n) is 6.51. The molecule has 0 saturated carbocycles. The molecule has 2 fully saturated rings. The van der Waals surface area contributed by atoms with Crippen molar-refractivity contribution < 1.29 is 0 Å². The van der Waals surface area contributed by atoms with Gasteiger partial charge >= 0.3 is 0 Å². The second kappa shape index (κ2) is 12.3. The third kappa shape index (κ3) is 5.27. The lowest BCUT2D eigenvalue weighted by molar-refractivity contribution is 0.563. The topological polar surface area (TPSA) is 3.24 Å². The molecule has 0 spiro atoms. The Morgan fingerprint density at radius 2 is 0.868 bits per heavy atom. The van der Waals surface area contributed by atoms with Crippen LogP contribution in [0.2, 0.25) is 0 Å². The Morgan fingerprint density at radius 3 is 1.24 bits per heavy atom. The first-order chi connectivity index (χ1) is 18.8. The molecule has 6 rings (SSSR count). The van der Waals surface area contributed by atoms with Crippen molar-refractivity contribution in [2.24, 2.45) is 0 Å². The van der Waals surface area contributed by atoms with Gasteiger partial charge in [0.2, 0.25) is 0 Å². The molecule has 2 heterocycles. The molecule has 3 heteroatoms. The first kappa shape index (κ1) is 26.0. The van der Waals surface area contributed by atoms with Gasteiger partial charge in [-0.2, -0.15) is 0 Å². The zero-order valence-corrected chi connectivity index (χ0v) is 24.2. The van der Waals surface area contributed by atoms with Gasteiger partial charge in [0.1, 0.15) is 0 Å². The van der Waals surface area contributed by atoms with E-state index >= 15 is 0 Å². The highest BCUT2D eigenvalue weighted by Gasteiger charge is 2.51. The number of nitrogens with zero attached hydrogens (tertiary/aromatic N) is 1. The molecule has 2 saturated heterocycles. The Balaban J connectivity index is 1.45. The van der Waals surface area contributed by atoms with E-state index in [-0.39, 0.29) is 16.1 Å². The molecule has 194 valence electrons. The van der Waals surface area contributed by atoms with Crippen molar-refractivity contribution in [3.05, 3.63) is 144 Å². The molecule has 0 N–H and O–H groups in total. The van der Waals surface area contributed by atoms with Crippen molar-refractivity contribution in [3.8, 4) is 0 Å². The molecule has 1 nitrogen and oxygen atoms in total. The maximum Gasteiger partial charge on any atom is 0.0192 e. The van der Waals surface area contributed by atoms with E-state index in [0.29, 0.717) is 22.6 Å². The van der Waals surface area contributed by atoms with Crippen molar-refractivity contribution in [2.45, 2.75) is 61.7 Å². The van der Waals surface area contributed by atoms with Crippen molar-refractivity contribution in [1.82, 2.24) is 4.44 Å². The maximum absolute atomic E-state index is 3.15. The van der Waals surface area contributed by atoms with Crippen LogP contribution in [0.4, 0.5) is 0 Å². The Labute approximate surface area is 231 Å². The summed E-state index contributed by atoms with van der Waals surface area (Å²) >= 11 is 0. The van der Waals surface area contributed by atoms with E-state index in [4.69, 9.17) is 0 Å². The van der Waals surface area contributed by atoms with E-state index in [1.165, 1.54) is 38.6 Å². The van der Waals surface area contributed by atoms with Crippen LogP contribution in [0.15, 0.2) is 121 Å². The second-order valence-corrected chi connectivity index (χ2v) is 16.0. The van der Waals surface area contributed by atoms with Crippen LogP contribution in [-0.4, -0.2) is 11.0 Å². The van der Waals surface area contributed by atoms with E-state index in [1.807, 2.05) is 0 Å². The lowest BCUT2D eigenvalue weighted by atomic mass is 10.0. The predicted molar refractivity (Wildman–Crippen MR) is 166 cm³/mol. The van der Waals surface area contributed by atoms with E-state index < -0.39 is 0 Å². The summed E-state index contributed by atoms with van der Waals surface area (Å²) in [4.78, 5) is 0. The summed E-state index contributed by atoms with van der Waals surface area (Å²) in [6.45, 7) is 3.59. The SMILES string of the molecule is CCCCN(P1C(c2ccccc2)CC[C@H]1c1ccccc1)P1[C@H](c2ccccc2)C[C@H]1c1ccccc1. The average Bonchev–Trinajstić information content (AvgIpc) is 3.42. The minimum absolute atomic E-state index is 0.335. The summed E-state index contributed by atoms with van der Waals surface area (Å²) in [7, 11) is -0.701. The molecule has 38 heavy (non-hydrogen) atoms. The van der Waals surface area contributed by atoms with Crippen LogP contribution in [0.1, 0.15) is 83.9 Å². The summed E-state index contributed by atoms with van der Waals surface area (Å²) in [6.07, 6.45) is 6.41. The highest BCUT2D eigenvalue weighted by atomic mass is 31.2. The summed E-state index contributed by atoms with van der Waals surface area (Å²) < 4.78 is 3.15. The van der Waals surface area contributed by atoms with Crippen LogP contribution in [-0.2, 0) is 0 Å². The Morgan fingerprint density at radius 1 is 0.526 bits per heavy atom. The smallest absolute Gasteiger partial charge is 0.0192 e. The molecule has 4 aromatic carbocycles. The molecule has 4 aromatic rings. The van der Waals surface area contributed by atoms with Crippen molar-refractivity contribution in [2.75, 3.05) is 6.54 Å². The standard InChI is InChI=1S/C35H39NP2/c1-2-3-26-36(38-34(30-20-12-6-13-21-30)27-35(38)31-22-14-7-15-23-31)37-32(28-16-8-4-9-17-28)24-25-33(37)29-18-10-5-11-19-29/h4-23,32-35H,2-3,24-27H2,1H3/t32-,33?,34-,35-,37?/m0/s1. The van der Waals surface area contributed by atoms with Crippen LogP contribution in [0, 0.1) is 0 Å². The first-order valence-corrected chi connectivity index (χ1v) is 17.3. The molecule has 0 amide bonds. The lowest BCUT2D eigenvalue weighted by Gasteiger charge is -2.55. The molecule has 0 aromatic heterocycles. The summed E-state index contributed by atoms with van der Waals surface area (Å²) in [5.41, 5.74) is 8.81. The fraction of sp³-hybridized carbons (Fsp3) is 0.314. The minimum atomic E-state index is -0.365. The van der Waals surface area contributed by atoms with Crippen LogP contribution in [0.5, 0.6) is 0 Å². The zero-order valence-electron chi connectivity index (χ0n) is 22.4. The molecule has 2 aliphatic rings. The summed E-state index contributed by atoms with van der Waals surface area (Å²) in [6, 6.07) is 45.9. The Bertz CT molecular complexity index is 1170. The molecule has 0 aliphatic carbocycles. The molecule has 2 aliphatic heterocycles. The van der Waals surface area contributed by atoms with Gasteiger partial charge in [0.05, 0.1) is 0 Å². The maximum atomic E-state index is 3.15. The lowest BCUT2D eigenvalue weighted by Crippen LogP contribution is -2.29. The number of rotatable bonds is 9. The molecular formula is C35H39NP2. The third-order valence-corrected chi connectivity index (χ3v) is 15.8. The quantitative estimate of drug-likeness (QED) is 0.193. The summed E-state index contributed by atoms with van der Waals surface area (Å²) in [5.74, 6) is 0. The highest BCUT2D eigenvalue weighted by Crippen LogP contribution is 2.86. The van der Waals surface area contributed by atoms with Gasteiger partial charge < -0.3 is 0 Å². The van der Waals surface area contributed by atoms with Gasteiger partial charge in [-0.05, 0) is 64.1 Å². The second-order valence-electron chi connectivity index (χ2n) is 10.7. The number of hydrogen-bond acceptors (Lipinski definition) is 1. The van der Waals surface area contributed by atoms with Crippen molar-refractivity contribution in [1.29, 1.82) is 0 Å². The predicted octanol–water partition coefficient (Wildman–Crippen LogP) is 11.0. The van der Waals surface area contributed by atoms with Gasteiger partial charge in [0.25, 0.3) is 0 Å². The van der Waals surface area contributed by atoms with E-state index in [2.05, 4.69) is 133 Å².